The lowest BCUT2D eigenvalue weighted by Crippen LogP contribution is -1.81. The minimum atomic E-state index is -0.253. The molecule has 0 aliphatic rings. The van der Waals surface area contributed by atoms with Crippen molar-refractivity contribution >= 4 is 33.3 Å². The Morgan fingerprint density at radius 3 is 2.53 bits per heavy atom. The van der Waals surface area contributed by atoms with Crippen LogP contribution in [0.5, 0.6) is 0 Å². The van der Waals surface area contributed by atoms with Gasteiger partial charge in [-0.15, -0.1) is 0 Å². The van der Waals surface area contributed by atoms with Gasteiger partial charge in [0.25, 0.3) is 0 Å². The van der Waals surface area contributed by atoms with E-state index in [2.05, 4.69) is 40.3 Å². The minimum absolute atomic E-state index is 0.253. The van der Waals surface area contributed by atoms with Gasteiger partial charge in [0.15, 0.2) is 5.76 Å². The first kappa shape index (κ1) is 18.8. The third-order valence-electron chi connectivity index (χ3n) is 5.66. The number of benzene rings is 4. The Morgan fingerprint density at radius 2 is 1.66 bits per heavy atom. The highest BCUT2D eigenvalue weighted by Crippen LogP contribution is 2.33. The van der Waals surface area contributed by atoms with Crippen LogP contribution >= 0.6 is 11.6 Å². The van der Waals surface area contributed by atoms with Crippen molar-refractivity contribution < 1.29 is 8.81 Å². The molecule has 0 amide bonds. The summed E-state index contributed by atoms with van der Waals surface area (Å²) in [7, 11) is 0. The van der Waals surface area contributed by atoms with E-state index < -0.39 is 0 Å². The van der Waals surface area contributed by atoms with Crippen LogP contribution in [-0.4, -0.2) is 9.97 Å². The van der Waals surface area contributed by atoms with Crippen molar-refractivity contribution in [3.63, 3.8) is 0 Å². The summed E-state index contributed by atoms with van der Waals surface area (Å²) in [6, 6.07) is 24.7. The van der Waals surface area contributed by atoms with Crippen LogP contribution in [0.3, 0.4) is 0 Å². The highest BCUT2D eigenvalue weighted by molar-refractivity contribution is 6.30. The number of halogens is 2. The zero-order chi connectivity index (χ0) is 21.7. The standard InChI is InChI=1S/C27H16ClFN2O/c28-21-3-1-2-18(12-21)26-15-31-27(32-26)19-7-5-16-4-6-17(10-20(16)11-19)24-14-30-25-13-22(29)8-9-23(24)25/h1-15,30H. The lowest BCUT2D eigenvalue weighted by atomic mass is 9.99. The van der Waals surface area contributed by atoms with E-state index in [-0.39, 0.29) is 5.82 Å². The predicted octanol–water partition coefficient (Wildman–Crippen LogP) is 8.10. The van der Waals surface area contributed by atoms with E-state index in [0.717, 1.165) is 43.9 Å². The molecule has 5 heteroatoms. The average Bonchev–Trinajstić information content (AvgIpc) is 3.46. The van der Waals surface area contributed by atoms with Gasteiger partial charge in [-0.2, -0.15) is 0 Å². The summed E-state index contributed by atoms with van der Waals surface area (Å²) in [6.45, 7) is 0. The zero-order valence-corrected chi connectivity index (χ0v) is 17.5. The molecule has 154 valence electrons. The molecule has 0 bridgehead atoms. The average molecular weight is 439 g/mol. The van der Waals surface area contributed by atoms with E-state index in [4.69, 9.17) is 16.0 Å². The van der Waals surface area contributed by atoms with Crippen LogP contribution in [0.2, 0.25) is 5.02 Å². The first-order valence-corrected chi connectivity index (χ1v) is 10.5. The number of rotatable bonds is 3. The van der Waals surface area contributed by atoms with Gasteiger partial charge in [-0.25, -0.2) is 9.37 Å². The van der Waals surface area contributed by atoms with Crippen LogP contribution in [0.25, 0.3) is 55.6 Å². The van der Waals surface area contributed by atoms with Gasteiger partial charge in [0.1, 0.15) is 5.82 Å². The molecule has 0 aliphatic heterocycles. The monoisotopic (exact) mass is 438 g/mol. The van der Waals surface area contributed by atoms with Gasteiger partial charge in [0, 0.05) is 38.8 Å². The molecule has 6 rings (SSSR count). The maximum atomic E-state index is 13.6. The van der Waals surface area contributed by atoms with Gasteiger partial charge in [0.05, 0.1) is 6.20 Å². The molecule has 0 spiro atoms. The Hall–Kier alpha value is -3.89. The molecule has 32 heavy (non-hydrogen) atoms. The number of aromatic amines is 1. The molecule has 0 fully saturated rings. The first-order chi connectivity index (χ1) is 15.6. The maximum Gasteiger partial charge on any atom is 0.226 e. The highest BCUT2D eigenvalue weighted by Gasteiger charge is 2.11. The molecular formula is C27H16ClFN2O. The Bertz CT molecular complexity index is 1620. The van der Waals surface area contributed by atoms with Crippen LogP contribution in [0.4, 0.5) is 4.39 Å². The normalized spacial score (nSPS) is 11.4. The Balaban J connectivity index is 1.41. The summed E-state index contributed by atoms with van der Waals surface area (Å²) in [5, 5.41) is 3.82. The Morgan fingerprint density at radius 1 is 0.812 bits per heavy atom. The molecule has 0 saturated carbocycles. The van der Waals surface area contributed by atoms with Crippen molar-refractivity contribution in [3.8, 4) is 33.9 Å². The van der Waals surface area contributed by atoms with Gasteiger partial charge in [0.2, 0.25) is 5.89 Å². The van der Waals surface area contributed by atoms with Crippen molar-refractivity contribution in [1.29, 1.82) is 0 Å². The Labute approximate surface area is 188 Å². The Kier molecular flexibility index (Phi) is 4.33. The molecule has 3 nitrogen and oxygen atoms in total. The van der Waals surface area contributed by atoms with Gasteiger partial charge >= 0.3 is 0 Å². The van der Waals surface area contributed by atoms with Crippen LogP contribution in [0.1, 0.15) is 0 Å². The van der Waals surface area contributed by atoms with Gasteiger partial charge in [-0.3, -0.25) is 0 Å². The summed E-state index contributed by atoms with van der Waals surface area (Å²) in [5.74, 6) is 0.967. The molecule has 0 atom stereocenters. The second-order valence-corrected chi connectivity index (χ2v) is 8.15. The number of nitrogens with zero attached hydrogens (tertiary/aromatic N) is 1. The van der Waals surface area contributed by atoms with Gasteiger partial charge < -0.3 is 9.40 Å². The van der Waals surface area contributed by atoms with Gasteiger partial charge in [-0.1, -0.05) is 41.9 Å². The van der Waals surface area contributed by atoms with E-state index >= 15 is 0 Å². The molecule has 2 heterocycles. The molecule has 0 aliphatic carbocycles. The summed E-state index contributed by atoms with van der Waals surface area (Å²) in [5.41, 5.74) is 4.65. The lowest BCUT2D eigenvalue weighted by molar-refractivity contribution is 0.589. The van der Waals surface area contributed by atoms with E-state index in [1.165, 1.54) is 12.1 Å². The third kappa shape index (κ3) is 3.26. The van der Waals surface area contributed by atoms with Crippen LogP contribution in [0.15, 0.2) is 95.7 Å². The van der Waals surface area contributed by atoms with Crippen molar-refractivity contribution in [2.45, 2.75) is 0 Å². The fourth-order valence-electron chi connectivity index (χ4n) is 4.07. The summed E-state index contributed by atoms with van der Waals surface area (Å²) in [6.07, 6.45) is 3.63. The third-order valence-corrected chi connectivity index (χ3v) is 5.89. The molecule has 4 aromatic carbocycles. The minimum Gasteiger partial charge on any atom is -0.436 e. The van der Waals surface area contributed by atoms with Crippen LogP contribution < -0.4 is 0 Å². The number of aromatic nitrogens is 2. The van der Waals surface area contributed by atoms with Crippen LogP contribution in [-0.2, 0) is 0 Å². The largest absolute Gasteiger partial charge is 0.436 e. The maximum absolute atomic E-state index is 13.6. The van der Waals surface area contributed by atoms with Crippen molar-refractivity contribution in [1.82, 2.24) is 9.97 Å². The molecule has 0 radical (unpaired) electrons. The van der Waals surface area contributed by atoms with E-state index in [1.54, 1.807) is 12.3 Å². The first-order valence-electron chi connectivity index (χ1n) is 10.2. The van der Waals surface area contributed by atoms with E-state index in [9.17, 15) is 4.39 Å². The summed E-state index contributed by atoms with van der Waals surface area (Å²) < 4.78 is 19.6. The molecule has 6 aromatic rings. The van der Waals surface area contributed by atoms with E-state index in [1.807, 2.05) is 36.5 Å². The van der Waals surface area contributed by atoms with Gasteiger partial charge in [-0.05, 0) is 64.9 Å². The SMILES string of the molecule is Fc1ccc2c(-c3ccc4ccc(-c5ncc(-c6cccc(Cl)c6)o5)cc4c3)c[nH]c2c1. The lowest BCUT2D eigenvalue weighted by Gasteiger charge is -2.05. The van der Waals surface area contributed by atoms with E-state index in [0.29, 0.717) is 16.7 Å². The second kappa shape index (κ2) is 7.36. The number of hydrogen-bond donors (Lipinski definition) is 1. The van der Waals surface area contributed by atoms with Crippen molar-refractivity contribution in [3.05, 3.63) is 102 Å². The number of fused-ring (bicyclic) bond motifs is 2. The van der Waals surface area contributed by atoms with Crippen molar-refractivity contribution in [2.75, 3.05) is 0 Å². The van der Waals surface area contributed by atoms with Crippen LogP contribution in [0, 0.1) is 5.82 Å². The number of nitrogens with one attached hydrogen (secondary N) is 1. The highest BCUT2D eigenvalue weighted by atomic mass is 35.5. The smallest absolute Gasteiger partial charge is 0.226 e. The number of H-pyrrole nitrogens is 1. The molecule has 0 saturated heterocycles. The second-order valence-electron chi connectivity index (χ2n) is 7.71. The molecule has 2 aromatic heterocycles. The topological polar surface area (TPSA) is 41.8 Å². The zero-order valence-electron chi connectivity index (χ0n) is 16.8. The van der Waals surface area contributed by atoms with Crippen molar-refractivity contribution in [2.24, 2.45) is 0 Å². The number of oxazole rings is 1. The molecule has 0 unspecified atom stereocenters. The molecule has 1 N–H and O–H groups in total. The summed E-state index contributed by atoms with van der Waals surface area (Å²) in [4.78, 5) is 7.63. The quantitative estimate of drug-likeness (QED) is 0.303. The predicted molar refractivity (Wildman–Crippen MR) is 127 cm³/mol. The fourth-order valence-corrected chi connectivity index (χ4v) is 4.26. The molecular weight excluding hydrogens is 423 g/mol. The number of hydrogen-bond acceptors (Lipinski definition) is 2. The summed E-state index contributed by atoms with van der Waals surface area (Å²) >= 11 is 6.10. The fraction of sp³-hybridized carbons (Fsp3) is 0.